The van der Waals surface area contributed by atoms with E-state index in [0.29, 0.717) is 0 Å². The molecule has 0 heterocycles. The third kappa shape index (κ3) is 2.43. The summed E-state index contributed by atoms with van der Waals surface area (Å²) in [7, 11) is 0. The van der Waals surface area contributed by atoms with E-state index in [1.165, 1.54) is 0 Å². The minimum Gasteiger partial charge on any atom is -0.478 e. The largest absolute Gasteiger partial charge is 0.478 e. The van der Waals surface area contributed by atoms with Crippen LogP contribution in [0.1, 0.15) is 5.56 Å². The molecule has 0 bridgehead atoms. The number of carbonyl (C=O) groups is 1. The Morgan fingerprint density at radius 2 is 1.75 bits per heavy atom. The number of hydrogen-bond acceptors (Lipinski definition) is 1. The van der Waals surface area contributed by atoms with Crippen LogP contribution >= 0.6 is 46.4 Å². The summed E-state index contributed by atoms with van der Waals surface area (Å²) in [6.07, 6.45) is -0.0931. The van der Waals surface area contributed by atoms with E-state index in [1.807, 2.05) is 0 Å². The average Bonchev–Trinajstić information content (AvgIpc) is 2.23. The van der Waals surface area contributed by atoms with E-state index in [4.69, 9.17) is 51.5 Å². The predicted molar refractivity (Wildman–Crippen MR) is 63.2 cm³/mol. The van der Waals surface area contributed by atoms with Gasteiger partial charge in [-0.05, 0) is 6.07 Å². The highest BCUT2D eigenvalue weighted by Crippen LogP contribution is 2.40. The zero-order chi connectivity index (χ0) is 12.5. The van der Waals surface area contributed by atoms with Crippen molar-refractivity contribution in [1.82, 2.24) is 0 Å². The molecule has 0 saturated carbocycles. The number of hydrogen-bond donors (Lipinski definition) is 1. The SMILES string of the molecule is O=C(O)C(=CF)c1cc(Cl)c(Cl)c(Cl)c1Cl. The normalized spacial score (nSPS) is 11.7. The fraction of sp³-hybridized carbons (Fsp3) is 0. The summed E-state index contributed by atoms with van der Waals surface area (Å²) in [6.45, 7) is 0. The number of carboxylic acids is 1. The van der Waals surface area contributed by atoms with E-state index >= 15 is 0 Å². The van der Waals surface area contributed by atoms with Crippen molar-refractivity contribution in [3.8, 4) is 0 Å². The molecule has 86 valence electrons. The van der Waals surface area contributed by atoms with Crippen LogP contribution in [0.5, 0.6) is 0 Å². The molecule has 1 aromatic rings. The number of halogens is 5. The van der Waals surface area contributed by atoms with Crippen LogP contribution < -0.4 is 0 Å². The van der Waals surface area contributed by atoms with E-state index in [-0.39, 0.29) is 32.0 Å². The number of carboxylic acid groups (broad SMARTS) is 1. The molecule has 1 N–H and O–H groups in total. The Morgan fingerprint density at radius 3 is 2.19 bits per heavy atom. The van der Waals surface area contributed by atoms with Gasteiger partial charge in [0.15, 0.2) is 0 Å². The van der Waals surface area contributed by atoms with Gasteiger partial charge < -0.3 is 5.11 Å². The number of rotatable bonds is 2. The van der Waals surface area contributed by atoms with E-state index < -0.39 is 11.5 Å². The zero-order valence-corrected chi connectivity index (χ0v) is 10.4. The molecule has 0 saturated heterocycles. The van der Waals surface area contributed by atoms with Crippen LogP contribution in [0.4, 0.5) is 4.39 Å². The lowest BCUT2D eigenvalue weighted by Gasteiger charge is -2.08. The average molecular weight is 304 g/mol. The van der Waals surface area contributed by atoms with Gasteiger partial charge in [-0.3, -0.25) is 0 Å². The zero-order valence-electron chi connectivity index (χ0n) is 7.40. The summed E-state index contributed by atoms with van der Waals surface area (Å²) in [5, 5.41) is 8.41. The smallest absolute Gasteiger partial charge is 0.338 e. The molecule has 1 aromatic carbocycles. The summed E-state index contributed by atoms with van der Waals surface area (Å²) in [4.78, 5) is 10.7. The van der Waals surface area contributed by atoms with Gasteiger partial charge in [-0.15, -0.1) is 0 Å². The van der Waals surface area contributed by atoms with Gasteiger partial charge in [0.25, 0.3) is 0 Å². The third-order valence-corrected chi connectivity index (χ3v) is 3.48. The highest BCUT2D eigenvalue weighted by atomic mass is 35.5. The fourth-order valence-corrected chi connectivity index (χ4v) is 1.89. The van der Waals surface area contributed by atoms with Gasteiger partial charge in [0.2, 0.25) is 0 Å². The molecule has 0 aliphatic rings. The first-order valence-corrected chi connectivity index (χ1v) is 5.28. The van der Waals surface area contributed by atoms with Crippen LogP contribution in [0.15, 0.2) is 12.4 Å². The van der Waals surface area contributed by atoms with Gasteiger partial charge in [-0.1, -0.05) is 46.4 Å². The van der Waals surface area contributed by atoms with Gasteiger partial charge in [0, 0.05) is 5.56 Å². The monoisotopic (exact) mass is 302 g/mol. The maximum atomic E-state index is 12.4. The molecular formula is C9H3Cl4FO2. The Labute approximate surface area is 110 Å². The Balaban J connectivity index is 3.53. The maximum absolute atomic E-state index is 12.4. The molecule has 0 atom stereocenters. The van der Waals surface area contributed by atoms with E-state index in [0.717, 1.165) is 6.07 Å². The van der Waals surface area contributed by atoms with Crippen molar-refractivity contribution in [2.45, 2.75) is 0 Å². The van der Waals surface area contributed by atoms with Crippen LogP contribution in [0, 0.1) is 0 Å². The standard InChI is InChI=1S/C9H3Cl4FO2/c10-5-1-3(4(2-14)9(15)16)6(11)8(13)7(5)12/h1-2H,(H,15,16). The van der Waals surface area contributed by atoms with Crippen LogP contribution in [0.2, 0.25) is 20.1 Å². The van der Waals surface area contributed by atoms with Gasteiger partial charge in [0.1, 0.15) is 6.33 Å². The van der Waals surface area contributed by atoms with Crippen LogP contribution in [-0.2, 0) is 4.79 Å². The van der Waals surface area contributed by atoms with Crippen molar-refractivity contribution in [3.05, 3.63) is 38.1 Å². The molecule has 16 heavy (non-hydrogen) atoms. The van der Waals surface area contributed by atoms with Gasteiger partial charge in [-0.2, -0.15) is 0 Å². The van der Waals surface area contributed by atoms with Crippen molar-refractivity contribution in [3.63, 3.8) is 0 Å². The molecule has 0 aliphatic carbocycles. The second-order valence-corrected chi connectivity index (χ2v) is 4.22. The topological polar surface area (TPSA) is 37.3 Å². The van der Waals surface area contributed by atoms with Gasteiger partial charge >= 0.3 is 5.97 Å². The van der Waals surface area contributed by atoms with E-state index in [2.05, 4.69) is 0 Å². The summed E-state index contributed by atoms with van der Waals surface area (Å²) in [5.74, 6) is -1.49. The lowest BCUT2D eigenvalue weighted by Crippen LogP contribution is -2.00. The van der Waals surface area contributed by atoms with Crippen molar-refractivity contribution in [2.75, 3.05) is 0 Å². The molecule has 7 heteroatoms. The van der Waals surface area contributed by atoms with Crippen molar-refractivity contribution in [2.24, 2.45) is 0 Å². The molecule has 0 aliphatic heterocycles. The van der Waals surface area contributed by atoms with Crippen LogP contribution in [0.3, 0.4) is 0 Å². The van der Waals surface area contributed by atoms with Gasteiger partial charge in [-0.25, -0.2) is 9.18 Å². The van der Waals surface area contributed by atoms with Crippen molar-refractivity contribution >= 4 is 57.9 Å². The molecule has 0 amide bonds. The molecule has 0 unspecified atom stereocenters. The van der Waals surface area contributed by atoms with Crippen LogP contribution in [-0.4, -0.2) is 11.1 Å². The molecule has 2 nitrogen and oxygen atoms in total. The molecule has 0 spiro atoms. The Bertz CT molecular complexity index is 485. The molecule has 0 aromatic heterocycles. The Morgan fingerprint density at radius 1 is 1.19 bits per heavy atom. The highest BCUT2D eigenvalue weighted by Gasteiger charge is 2.20. The van der Waals surface area contributed by atoms with Gasteiger partial charge in [0.05, 0.1) is 25.7 Å². The maximum Gasteiger partial charge on any atom is 0.338 e. The fourth-order valence-electron chi connectivity index (χ4n) is 0.990. The predicted octanol–water partition coefficient (Wildman–Crippen LogP) is 4.70. The Hall–Kier alpha value is -0.480. The lowest BCUT2D eigenvalue weighted by molar-refractivity contribution is -0.130. The Kier molecular flexibility index (Phi) is 4.44. The highest BCUT2D eigenvalue weighted by molar-refractivity contribution is 6.52. The molecule has 1 rings (SSSR count). The summed E-state index contributed by atoms with van der Waals surface area (Å²) >= 11 is 22.8. The first-order chi connectivity index (χ1) is 7.40. The molecule has 0 radical (unpaired) electrons. The quantitative estimate of drug-likeness (QED) is 0.489. The number of aliphatic carboxylic acids is 1. The van der Waals surface area contributed by atoms with Crippen molar-refractivity contribution in [1.29, 1.82) is 0 Å². The van der Waals surface area contributed by atoms with Crippen LogP contribution in [0.25, 0.3) is 5.57 Å². The second kappa shape index (κ2) is 5.23. The van der Waals surface area contributed by atoms with Crippen molar-refractivity contribution < 1.29 is 14.3 Å². The second-order valence-electron chi connectivity index (χ2n) is 2.68. The summed E-state index contributed by atoms with van der Waals surface area (Å²) < 4.78 is 12.4. The minimum atomic E-state index is -1.49. The molecular weight excluding hydrogens is 301 g/mol. The number of benzene rings is 1. The minimum absolute atomic E-state index is 0.00772. The third-order valence-electron chi connectivity index (χ3n) is 1.73. The lowest BCUT2D eigenvalue weighted by atomic mass is 10.1. The van der Waals surface area contributed by atoms with E-state index in [1.54, 1.807) is 0 Å². The molecule has 0 fully saturated rings. The first-order valence-electron chi connectivity index (χ1n) is 3.77. The van der Waals surface area contributed by atoms with E-state index in [9.17, 15) is 9.18 Å². The summed E-state index contributed by atoms with van der Waals surface area (Å²) in [5.41, 5.74) is -0.776. The first kappa shape index (κ1) is 13.6. The summed E-state index contributed by atoms with van der Waals surface area (Å²) in [6, 6.07) is 1.14.